The van der Waals surface area contributed by atoms with E-state index in [1.165, 1.54) is 40.5 Å². The molecule has 9 heteroatoms. The van der Waals surface area contributed by atoms with Gasteiger partial charge in [0, 0.05) is 17.3 Å². The van der Waals surface area contributed by atoms with Crippen molar-refractivity contribution in [1.82, 2.24) is 15.1 Å². The quantitative estimate of drug-likeness (QED) is 0.418. The SMILES string of the molecule is CC1(C(=O)NCc2ccc(Cl)cc2)Cn2nc(-c3cccs3)cc2C(=O)N1c1ccc(F)cc1. The third-order valence-electron chi connectivity index (χ3n) is 5.87. The van der Waals surface area contributed by atoms with E-state index >= 15 is 0 Å². The Hall–Kier alpha value is -3.49. The van der Waals surface area contributed by atoms with Gasteiger partial charge in [-0.05, 0) is 66.4 Å². The minimum atomic E-state index is -1.30. The molecule has 2 aromatic heterocycles. The first-order valence-electron chi connectivity index (χ1n) is 10.6. The molecular weight excluding hydrogens is 475 g/mol. The Labute approximate surface area is 204 Å². The summed E-state index contributed by atoms with van der Waals surface area (Å²) < 4.78 is 15.2. The van der Waals surface area contributed by atoms with Crippen molar-refractivity contribution >= 4 is 40.4 Å². The van der Waals surface area contributed by atoms with Gasteiger partial charge >= 0.3 is 0 Å². The third-order valence-corrected chi connectivity index (χ3v) is 7.01. The van der Waals surface area contributed by atoms with E-state index in [0.717, 1.165) is 10.4 Å². The van der Waals surface area contributed by atoms with Crippen molar-refractivity contribution in [2.24, 2.45) is 0 Å². The van der Waals surface area contributed by atoms with E-state index in [-0.39, 0.29) is 24.9 Å². The van der Waals surface area contributed by atoms with E-state index in [0.29, 0.717) is 22.1 Å². The topological polar surface area (TPSA) is 67.2 Å². The van der Waals surface area contributed by atoms with Gasteiger partial charge in [0.2, 0.25) is 5.91 Å². The maximum atomic E-state index is 13.7. The molecule has 0 aliphatic carbocycles. The van der Waals surface area contributed by atoms with Crippen LogP contribution < -0.4 is 10.2 Å². The van der Waals surface area contributed by atoms with Gasteiger partial charge in [0.15, 0.2) is 0 Å². The van der Waals surface area contributed by atoms with Gasteiger partial charge in [0.1, 0.15) is 22.7 Å². The van der Waals surface area contributed by atoms with Crippen molar-refractivity contribution in [3.8, 4) is 10.6 Å². The summed E-state index contributed by atoms with van der Waals surface area (Å²) in [6.45, 7) is 2.10. The average molecular weight is 495 g/mol. The van der Waals surface area contributed by atoms with Gasteiger partial charge in [-0.2, -0.15) is 5.10 Å². The average Bonchev–Trinajstić information content (AvgIpc) is 3.50. The molecule has 0 bridgehead atoms. The number of nitrogens with one attached hydrogen (secondary N) is 1. The summed E-state index contributed by atoms with van der Waals surface area (Å²) in [7, 11) is 0. The van der Waals surface area contributed by atoms with Gasteiger partial charge < -0.3 is 5.32 Å². The highest BCUT2D eigenvalue weighted by Gasteiger charge is 2.48. The zero-order valence-corrected chi connectivity index (χ0v) is 19.7. The Bertz CT molecular complexity index is 1350. The number of fused-ring (bicyclic) bond motifs is 1. The van der Waals surface area contributed by atoms with Crippen LogP contribution in [0.3, 0.4) is 0 Å². The molecule has 0 saturated heterocycles. The van der Waals surface area contributed by atoms with Crippen LogP contribution in [0.5, 0.6) is 0 Å². The maximum absolute atomic E-state index is 13.7. The molecule has 4 aromatic rings. The van der Waals surface area contributed by atoms with Crippen LogP contribution in [0.1, 0.15) is 23.0 Å². The van der Waals surface area contributed by atoms with Crippen molar-refractivity contribution in [3.63, 3.8) is 0 Å². The smallest absolute Gasteiger partial charge is 0.277 e. The molecule has 1 unspecified atom stereocenters. The van der Waals surface area contributed by atoms with Crippen LogP contribution in [-0.2, 0) is 17.9 Å². The Morgan fingerprint density at radius 2 is 1.91 bits per heavy atom. The van der Waals surface area contributed by atoms with E-state index in [1.807, 2.05) is 29.6 Å². The normalized spacial score (nSPS) is 17.5. The number of hydrogen-bond acceptors (Lipinski definition) is 4. The molecule has 5 rings (SSSR count). The molecule has 0 radical (unpaired) electrons. The Kier molecular flexibility index (Phi) is 5.71. The van der Waals surface area contributed by atoms with Crippen LogP contribution in [0.4, 0.5) is 10.1 Å². The molecule has 0 saturated carbocycles. The van der Waals surface area contributed by atoms with Gasteiger partial charge in [-0.3, -0.25) is 19.2 Å². The van der Waals surface area contributed by atoms with Crippen LogP contribution in [0.15, 0.2) is 72.1 Å². The Morgan fingerprint density at radius 1 is 1.18 bits per heavy atom. The van der Waals surface area contributed by atoms with Crippen molar-refractivity contribution in [2.75, 3.05) is 4.90 Å². The molecule has 34 heavy (non-hydrogen) atoms. The highest BCUT2D eigenvalue weighted by Crippen LogP contribution is 2.35. The van der Waals surface area contributed by atoms with Gasteiger partial charge in [0.05, 0.1) is 11.4 Å². The lowest BCUT2D eigenvalue weighted by Gasteiger charge is -2.43. The number of hydrogen-bond donors (Lipinski definition) is 1. The first kappa shape index (κ1) is 22.3. The lowest BCUT2D eigenvalue weighted by molar-refractivity contribution is -0.126. The largest absolute Gasteiger partial charge is 0.350 e. The van der Waals surface area contributed by atoms with E-state index < -0.39 is 11.4 Å². The summed E-state index contributed by atoms with van der Waals surface area (Å²) in [5.41, 5.74) is 1.05. The van der Waals surface area contributed by atoms with Crippen LogP contribution >= 0.6 is 22.9 Å². The molecule has 2 amide bonds. The lowest BCUT2D eigenvalue weighted by Crippen LogP contribution is -2.64. The fourth-order valence-corrected chi connectivity index (χ4v) is 4.90. The second-order valence-electron chi connectivity index (χ2n) is 8.25. The molecule has 1 N–H and O–H groups in total. The van der Waals surface area contributed by atoms with E-state index in [4.69, 9.17) is 11.6 Å². The number of nitrogens with zero attached hydrogens (tertiary/aromatic N) is 3. The van der Waals surface area contributed by atoms with Crippen LogP contribution in [0.2, 0.25) is 5.02 Å². The number of benzene rings is 2. The second kappa shape index (κ2) is 8.70. The first-order chi connectivity index (χ1) is 16.3. The predicted octanol–water partition coefficient (Wildman–Crippen LogP) is 5.14. The Balaban J connectivity index is 1.52. The molecule has 1 aliphatic rings. The lowest BCUT2D eigenvalue weighted by atomic mass is 9.94. The number of thiophene rings is 1. The highest BCUT2D eigenvalue weighted by atomic mass is 35.5. The molecule has 1 aliphatic heterocycles. The highest BCUT2D eigenvalue weighted by molar-refractivity contribution is 7.13. The van der Waals surface area contributed by atoms with Gasteiger partial charge in [-0.15, -0.1) is 11.3 Å². The number of anilines is 1. The number of amides is 2. The molecule has 1 atom stereocenters. The second-order valence-corrected chi connectivity index (χ2v) is 9.63. The van der Waals surface area contributed by atoms with Crippen LogP contribution in [0, 0.1) is 5.82 Å². The Morgan fingerprint density at radius 3 is 2.59 bits per heavy atom. The first-order valence-corrected chi connectivity index (χ1v) is 11.9. The summed E-state index contributed by atoms with van der Waals surface area (Å²) in [6, 6.07) is 18.3. The minimum Gasteiger partial charge on any atom is -0.350 e. The number of carbonyl (C=O) groups is 2. The number of halogens is 2. The van der Waals surface area contributed by atoms with Crippen molar-refractivity contribution in [3.05, 3.63) is 94.2 Å². The fraction of sp³-hybridized carbons (Fsp3) is 0.160. The standard InChI is InChI=1S/C25H20ClFN4O2S/c1-25(24(33)28-14-16-4-6-17(26)7-5-16)15-30-21(13-20(29-30)22-3-2-12-34-22)23(32)31(25)19-10-8-18(27)9-11-19/h2-13H,14-15H2,1H3,(H,28,33). The summed E-state index contributed by atoms with van der Waals surface area (Å²) in [6.07, 6.45) is 0. The van der Waals surface area contributed by atoms with Gasteiger partial charge in [-0.25, -0.2) is 4.39 Å². The molecule has 2 aromatic carbocycles. The van der Waals surface area contributed by atoms with Gasteiger partial charge in [-0.1, -0.05) is 29.8 Å². The monoisotopic (exact) mass is 494 g/mol. The summed E-state index contributed by atoms with van der Waals surface area (Å²) in [4.78, 5) is 29.6. The van der Waals surface area contributed by atoms with Crippen molar-refractivity contribution in [1.29, 1.82) is 0 Å². The predicted molar refractivity (Wildman–Crippen MR) is 130 cm³/mol. The third kappa shape index (κ3) is 3.99. The van der Waals surface area contributed by atoms with Crippen LogP contribution in [0.25, 0.3) is 10.6 Å². The summed E-state index contributed by atoms with van der Waals surface area (Å²) >= 11 is 7.47. The molecule has 3 heterocycles. The zero-order chi connectivity index (χ0) is 23.9. The molecule has 0 fully saturated rings. The van der Waals surface area contributed by atoms with Crippen molar-refractivity contribution in [2.45, 2.75) is 25.6 Å². The van der Waals surface area contributed by atoms with Crippen LogP contribution in [-0.4, -0.2) is 27.1 Å². The fourth-order valence-electron chi connectivity index (χ4n) is 4.10. The number of rotatable bonds is 5. The molecule has 172 valence electrons. The van der Waals surface area contributed by atoms with Gasteiger partial charge in [0.25, 0.3) is 5.91 Å². The number of aromatic nitrogens is 2. The summed E-state index contributed by atoms with van der Waals surface area (Å²) in [5.74, 6) is -1.15. The van der Waals surface area contributed by atoms with E-state index in [2.05, 4.69) is 10.4 Å². The molecule has 0 spiro atoms. The van der Waals surface area contributed by atoms with E-state index in [9.17, 15) is 14.0 Å². The summed E-state index contributed by atoms with van der Waals surface area (Å²) in [5, 5.41) is 10.1. The molecular formula is C25H20ClFN4O2S. The molecule has 6 nitrogen and oxygen atoms in total. The maximum Gasteiger partial charge on any atom is 0.277 e. The number of carbonyl (C=O) groups excluding carboxylic acids is 2. The minimum absolute atomic E-state index is 0.142. The zero-order valence-electron chi connectivity index (χ0n) is 18.2. The van der Waals surface area contributed by atoms with E-state index in [1.54, 1.807) is 29.8 Å². The van der Waals surface area contributed by atoms with Crippen molar-refractivity contribution < 1.29 is 14.0 Å².